The topological polar surface area (TPSA) is 73.7 Å². The molecule has 0 bridgehead atoms. The van der Waals surface area contributed by atoms with E-state index >= 15 is 0 Å². The van der Waals surface area contributed by atoms with Crippen molar-refractivity contribution in [2.24, 2.45) is 5.92 Å². The van der Waals surface area contributed by atoms with E-state index in [0.29, 0.717) is 18.7 Å². The Bertz CT molecular complexity index is 531. The van der Waals surface area contributed by atoms with E-state index in [9.17, 15) is 9.90 Å². The second-order valence-corrected chi connectivity index (χ2v) is 5.15. The fraction of sp³-hybridized carbons (Fsp3) is 0.500. The summed E-state index contributed by atoms with van der Waals surface area (Å²) in [6.45, 7) is 1.47. The van der Waals surface area contributed by atoms with Crippen molar-refractivity contribution in [3.63, 3.8) is 0 Å². The molecule has 0 aliphatic carbocycles. The van der Waals surface area contributed by atoms with Crippen molar-refractivity contribution < 1.29 is 15.0 Å². The van der Waals surface area contributed by atoms with E-state index in [4.69, 9.17) is 5.11 Å². The highest BCUT2D eigenvalue weighted by molar-refractivity contribution is 5.92. The van der Waals surface area contributed by atoms with Crippen LogP contribution >= 0.6 is 0 Å². The van der Waals surface area contributed by atoms with E-state index in [1.54, 1.807) is 23.2 Å². The molecule has 0 saturated carbocycles. The van der Waals surface area contributed by atoms with E-state index in [1.165, 1.54) is 0 Å². The van der Waals surface area contributed by atoms with Gasteiger partial charge in [-0.05, 0) is 30.9 Å². The SMILES string of the molecule is O=C(c1ccc(C#CCCO)cn1)N1CCCC(CO)C1. The van der Waals surface area contributed by atoms with Gasteiger partial charge in [0.1, 0.15) is 5.69 Å². The molecular weight excluding hydrogens is 268 g/mol. The molecule has 112 valence electrons. The van der Waals surface area contributed by atoms with Crippen molar-refractivity contribution in [3.8, 4) is 11.8 Å². The zero-order valence-corrected chi connectivity index (χ0v) is 12.0. The molecule has 1 amide bonds. The molecule has 1 aromatic rings. The van der Waals surface area contributed by atoms with E-state index in [0.717, 1.165) is 24.9 Å². The summed E-state index contributed by atoms with van der Waals surface area (Å²) >= 11 is 0. The Morgan fingerprint density at radius 2 is 2.29 bits per heavy atom. The number of carbonyl (C=O) groups is 1. The lowest BCUT2D eigenvalue weighted by Gasteiger charge is -2.31. The number of pyridine rings is 1. The van der Waals surface area contributed by atoms with Crippen molar-refractivity contribution >= 4 is 5.91 Å². The molecule has 5 nitrogen and oxygen atoms in total. The number of piperidine rings is 1. The van der Waals surface area contributed by atoms with Gasteiger partial charge in [0, 0.05) is 37.9 Å². The second kappa shape index (κ2) is 7.77. The molecule has 1 unspecified atom stereocenters. The van der Waals surface area contributed by atoms with Crippen molar-refractivity contribution in [3.05, 3.63) is 29.6 Å². The molecule has 21 heavy (non-hydrogen) atoms. The molecule has 1 fully saturated rings. The lowest BCUT2D eigenvalue weighted by molar-refractivity contribution is 0.0615. The van der Waals surface area contributed by atoms with Crippen LogP contribution in [0.15, 0.2) is 18.3 Å². The first-order valence-electron chi connectivity index (χ1n) is 7.20. The van der Waals surface area contributed by atoms with E-state index in [2.05, 4.69) is 16.8 Å². The Morgan fingerprint density at radius 3 is 2.95 bits per heavy atom. The third-order valence-corrected chi connectivity index (χ3v) is 3.52. The number of hydrogen-bond acceptors (Lipinski definition) is 4. The molecule has 1 aromatic heterocycles. The minimum atomic E-state index is -0.0944. The Morgan fingerprint density at radius 1 is 1.43 bits per heavy atom. The van der Waals surface area contributed by atoms with Crippen LogP contribution in [-0.4, -0.2) is 52.3 Å². The minimum absolute atomic E-state index is 0.0397. The number of aromatic nitrogens is 1. The van der Waals surface area contributed by atoms with Gasteiger partial charge in [0.25, 0.3) is 5.91 Å². The molecule has 2 N–H and O–H groups in total. The Labute approximate surface area is 124 Å². The average Bonchev–Trinajstić information content (AvgIpc) is 2.55. The molecular formula is C16H20N2O3. The van der Waals surface area contributed by atoms with E-state index < -0.39 is 0 Å². The number of nitrogens with zero attached hydrogens (tertiary/aromatic N) is 2. The normalized spacial score (nSPS) is 18.0. The van der Waals surface area contributed by atoms with Gasteiger partial charge in [-0.25, -0.2) is 4.98 Å². The lowest BCUT2D eigenvalue weighted by Crippen LogP contribution is -2.41. The Kier molecular flexibility index (Phi) is 5.73. The molecule has 1 saturated heterocycles. The molecule has 2 heterocycles. The summed E-state index contributed by atoms with van der Waals surface area (Å²) in [7, 11) is 0. The molecule has 1 aliphatic rings. The van der Waals surface area contributed by atoms with Gasteiger partial charge in [-0.15, -0.1) is 0 Å². The molecule has 0 aromatic carbocycles. The summed E-state index contributed by atoms with van der Waals surface area (Å²) in [5, 5.41) is 17.9. The third kappa shape index (κ3) is 4.28. The Balaban J connectivity index is 2.01. The smallest absolute Gasteiger partial charge is 0.272 e. The maximum atomic E-state index is 12.3. The maximum Gasteiger partial charge on any atom is 0.272 e. The number of carbonyl (C=O) groups excluding carboxylic acids is 1. The van der Waals surface area contributed by atoms with Crippen LogP contribution in [0.25, 0.3) is 0 Å². The zero-order valence-electron chi connectivity index (χ0n) is 12.0. The van der Waals surface area contributed by atoms with Gasteiger partial charge in [-0.3, -0.25) is 4.79 Å². The van der Waals surface area contributed by atoms with Crippen LogP contribution in [0, 0.1) is 17.8 Å². The average molecular weight is 288 g/mol. The highest BCUT2D eigenvalue weighted by Gasteiger charge is 2.24. The fourth-order valence-electron chi connectivity index (χ4n) is 2.38. The van der Waals surface area contributed by atoms with Crippen molar-refractivity contribution in [1.82, 2.24) is 9.88 Å². The van der Waals surface area contributed by atoms with Crippen molar-refractivity contribution in [2.45, 2.75) is 19.3 Å². The minimum Gasteiger partial charge on any atom is -0.396 e. The summed E-state index contributed by atoms with van der Waals surface area (Å²) in [5.74, 6) is 5.77. The molecule has 0 radical (unpaired) electrons. The number of rotatable bonds is 3. The van der Waals surface area contributed by atoms with Gasteiger partial charge in [0.05, 0.1) is 6.61 Å². The molecule has 2 rings (SSSR count). The molecule has 1 aliphatic heterocycles. The predicted molar refractivity (Wildman–Crippen MR) is 78.5 cm³/mol. The van der Waals surface area contributed by atoms with Gasteiger partial charge in [-0.1, -0.05) is 11.8 Å². The van der Waals surface area contributed by atoms with Crippen LogP contribution in [0.3, 0.4) is 0 Å². The summed E-state index contributed by atoms with van der Waals surface area (Å²) in [6, 6.07) is 3.44. The number of aliphatic hydroxyl groups is 2. The van der Waals surface area contributed by atoms with Crippen LogP contribution in [-0.2, 0) is 0 Å². The summed E-state index contributed by atoms with van der Waals surface area (Å²) in [5.41, 5.74) is 1.13. The first-order chi connectivity index (χ1) is 10.2. The van der Waals surface area contributed by atoms with Crippen LogP contribution in [0.4, 0.5) is 0 Å². The van der Waals surface area contributed by atoms with Crippen LogP contribution in [0.5, 0.6) is 0 Å². The zero-order chi connectivity index (χ0) is 15.1. The van der Waals surface area contributed by atoms with Crippen molar-refractivity contribution in [1.29, 1.82) is 0 Å². The maximum absolute atomic E-state index is 12.3. The number of likely N-dealkylation sites (tertiary alicyclic amines) is 1. The molecule has 5 heteroatoms. The quantitative estimate of drug-likeness (QED) is 0.801. The van der Waals surface area contributed by atoms with E-state index in [-0.39, 0.29) is 25.0 Å². The Hall–Kier alpha value is -1.90. The monoisotopic (exact) mass is 288 g/mol. The molecule has 0 spiro atoms. The lowest BCUT2D eigenvalue weighted by atomic mass is 9.99. The number of aliphatic hydroxyl groups excluding tert-OH is 2. The summed E-state index contributed by atoms with van der Waals surface area (Å²) < 4.78 is 0. The van der Waals surface area contributed by atoms with Gasteiger partial charge < -0.3 is 15.1 Å². The molecule has 1 atom stereocenters. The fourth-order valence-corrected chi connectivity index (χ4v) is 2.38. The second-order valence-electron chi connectivity index (χ2n) is 5.15. The first kappa shape index (κ1) is 15.5. The van der Waals surface area contributed by atoms with Crippen LogP contribution in [0.1, 0.15) is 35.3 Å². The summed E-state index contributed by atoms with van der Waals surface area (Å²) in [4.78, 5) is 18.3. The summed E-state index contributed by atoms with van der Waals surface area (Å²) in [6.07, 6.45) is 3.89. The van der Waals surface area contributed by atoms with Crippen LogP contribution < -0.4 is 0 Å². The van der Waals surface area contributed by atoms with Gasteiger partial charge in [-0.2, -0.15) is 0 Å². The van der Waals surface area contributed by atoms with Crippen LogP contribution in [0.2, 0.25) is 0 Å². The highest BCUT2D eigenvalue weighted by Crippen LogP contribution is 2.17. The highest BCUT2D eigenvalue weighted by atomic mass is 16.3. The number of amides is 1. The van der Waals surface area contributed by atoms with Crippen molar-refractivity contribution in [2.75, 3.05) is 26.3 Å². The predicted octanol–water partition coefficient (Wildman–Crippen LogP) is 0.660. The van der Waals surface area contributed by atoms with Gasteiger partial charge >= 0.3 is 0 Å². The number of hydrogen-bond donors (Lipinski definition) is 2. The third-order valence-electron chi connectivity index (χ3n) is 3.52. The van der Waals surface area contributed by atoms with Gasteiger partial charge in [0.15, 0.2) is 0 Å². The first-order valence-corrected chi connectivity index (χ1v) is 7.20. The largest absolute Gasteiger partial charge is 0.396 e. The van der Waals surface area contributed by atoms with Gasteiger partial charge in [0.2, 0.25) is 0 Å². The van der Waals surface area contributed by atoms with E-state index in [1.807, 2.05) is 0 Å². The standard InChI is InChI=1S/C16H20N2O3/c19-9-2-1-4-13-6-7-15(17-10-13)16(21)18-8-3-5-14(11-18)12-20/h6-7,10,14,19-20H,2-3,5,8-9,11-12H2.